The molecule has 0 aromatic carbocycles. The topological polar surface area (TPSA) is 121 Å². The monoisotopic (exact) mass is 272 g/mol. The van der Waals surface area contributed by atoms with Crippen LogP contribution in [-0.4, -0.2) is 52.1 Å². The minimum absolute atomic E-state index is 0.0673. The van der Waals surface area contributed by atoms with Crippen molar-refractivity contribution in [1.29, 1.82) is 0 Å². The molecule has 1 amide bonds. The molecule has 0 radical (unpaired) electrons. The highest BCUT2D eigenvalue weighted by molar-refractivity contribution is 5.83. The first kappa shape index (κ1) is 15.4. The molecule has 1 rings (SSSR count). The zero-order valence-electron chi connectivity index (χ0n) is 11.1. The molecule has 7 nitrogen and oxygen atoms in total. The van der Waals surface area contributed by atoms with E-state index in [2.05, 4.69) is 0 Å². The van der Waals surface area contributed by atoms with Gasteiger partial charge in [-0.25, -0.2) is 0 Å². The van der Waals surface area contributed by atoms with Crippen LogP contribution in [0.15, 0.2) is 0 Å². The Bertz CT molecular complexity index is 382. The first-order chi connectivity index (χ1) is 8.75. The minimum Gasteiger partial charge on any atom is -0.481 e. The molecular formula is C12H20N2O5. The molecule has 4 N–H and O–H groups in total. The summed E-state index contributed by atoms with van der Waals surface area (Å²) in [6.07, 6.45) is 0.156. The summed E-state index contributed by atoms with van der Waals surface area (Å²) < 4.78 is 0. The average molecular weight is 272 g/mol. The van der Waals surface area contributed by atoms with E-state index in [4.69, 9.17) is 15.9 Å². The summed E-state index contributed by atoms with van der Waals surface area (Å²) in [7, 11) is 0. The lowest BCUT2D eigenvalue weighted by Gasteiger charge is -2.36. The summed E-state index contributed by atoms with van der Waals surface area (Å²) in [6.45, 7) is 3.59. The van der Waals surface area contributed by atoms with E-state index in [0.29, 0.717) is 0 Å². The number of carboxylic acids is 2. The molecule has 19 heavy (non-hydrogen) atoms. The van der Waals surface area contributed by atoms with Gasteiger partial charge in [-0.2, -0.15) is 0 Å². The maximum atomic E-state index is 12.1. The van der Waals surface area contributed by atoms with Gasteiger partial charge in [0.15, 0.2) is 0 Å². The zero-order chi connectivity index (χ0) is 14.7. The molecule has 4 atom stereocenters. The van der Waals surface area contributed by atoms with Crippen LogP contribution < -0.4 is 5.73 Å². The van der Waals surface area contributed by atoms with Gasteiger partial charge in [-0.15, -0.1) is 0 Å². The normalized spacial score (nSPS) is 26.6. The minimum atomic E-state index is -1.18. The fourth-order valence-electron chi connectivity index (χ4n) is 2.21. The molecule has 7 heteroatoms. The Kier molecular flexibility index (Phi) is 4.88. The summed E-state index contributed by atoms with van der Waals surface area (Å²) in [5.74, 6) is -4.93. The SMILES string of the molecule is CC(N)C(C)C(=O)N1CCC(C(=O)O)C(C(=O)O)C1. The summed E-state index contributed by atoms with van der Waals surface area (Å²) in [6, 6.07) is -0.326. The highest BCUT2D eigenvalue weighted by Gasteiger charge is 2.40. The number of piperidine rings is 1. The Morgan fingerprint density at radius 3 is 2.11 bits per heavy atom. The molecule has 0 aromatic rings. The number of carboxylic acid groups (broad SMARTS) is 2. The van der Waals surface area contributed by atoms with Crippen LogP contribution in [0.4, 0.5) is 0 Å². The van der Waals surface area contributed by atoms with Crippen LogP contribution in [0.5, 0.6) is 0 Å². The van der Waals surface area contributed by atoms with Gasteiger partial charge in [0.05, 0.1) is 17.8 Å². The van der Waals surface area contributed by atoms with Gasteiger partial charge in [-0.05, 0) is 13.3 Å². The van der Waals surface area contributed by atoms with E-state index >= 15 is 0 Å². The Labute approximate surface area is 111 Å². The van der Waals surface area contributed by atoms with E-state index in [9.17, 15) is 14.4 Å². The van der Waals surface area contributed by atoms with Gasteiger partial charge in [0.25, 0.3) is 0 Å². The summed E-state index contributed by atoms with van der Waals surface area (Å²) in [4.78, 5) is 35.6. The Balaban J connectivity index is 2.79. The van der Waals surface area contributed by atoms with Crippen molar-refractivity contribution >= 4 is 17.8 Å². The third-order valence-electron chi connectivity index (χ3n) is 3.74. The first-order valence-electron chi connectivity index (χ1n) is 6.25. The van der Waals surface area contributed by atoms with Gasteiger partial charge >= 0.3 is 11.9 Å². The lowest BCUT2D eigenvalue weighted by Crippen LogP contribution is -2.51. The van der Waals surface area contributed by atoms with Crippen molar-refractivity contribution in [2.75, 3.05) is 13.1 Å². The molecular weight excluding hydrogens is 252 g/mol. The largest absolute Gasteiger partial charge is 0.481 e. The molecule has 0 saturated carbocycles. The fourth-order valence-corrected chi connectivity index (χ4v) is 2.21. The van der Waals surface area contributed by atoms with Crippen LogP contribution in [0.1, 0.15) is 20.3 Å². The molecule has 4 unspecified atom stereocenters. The number of nitrogens with two attached hydrogens (primary N) is 1. The molecule has 108 valence electrons. The third-order valence-corrected chi connectivity index (χ3v) is 3.74. The van der Waals surface area contributed by atoms with E-state index in [1.54, 1.807) is 13.8 Å². The molecule has 1 saturated heterocycles. The highest BCUT2D eigenvalue weighted by Crippen LogP contribution is 2.25. The quantitative estimate of drug-likeness (QED) is 0.640. The number of carbonyl (C=O) groups excluding carboxylic acids is 1. The second-order valence-electron chi connectivity index (χ2n) is 5.11. The third kappa shape index (κ3) is 3.44. The van der Waals surface area contributed by atoms with Crippen LogP contribution >= 0.6 is 0 Å². The lowest BCUT2D eigenvalue weighted by atomic mass is 9.85. The molecule has 1 aliphatic heterocycles. The average Bonchev–Trinajstić information content (AvgIpc) is 2.35. The van der Waals surface area contributed by atoms with Crippen LogP contribution in [-0.2, 0) is 14.4 Å². The van der Waals surface area contributed by atoms with Crippen molar-refractivity contribution in [1.82, 2.24) is 4.90 Å². The van der Waals surface area contributed by atoms with Gasteiger partial charge in [0, 0.05) is 19.1 Å². The number of likely N-dealkylation sites (tertiary alicyclic amines) is 1. The van der Waals surface area contributed by atoms with Gasteiger partial charge in [0.1, 0.15) is 0 Å². The molecule has 1 aliphatic rings. The van der Waals surface area contributed by atoms with E-state index in [1.165, 1.54) is 4.90 Å². The molecule has 1 fully saturated rings. The second-order valence-corrected chi connectivity index (χ2v) is 5.11. The Morgan fingerprint density at radius 1 is 1.16 bits per heavy atom. The number of aliphatic carboxylic acids is 2. The van der Waals surface area contributed by atoms with E-state index in [1.807, 2.05) is 0 Å². The van der Waals surface area contributed by atoms with Crippen LogP contribution in [0.3, 0.4) is 0 Å². The number of rotatable bonds is 4. The standard InChI is InChI=1S/C12H20N2O5/c1-6(7(2)13)10(15)14-4-3-8(11(16)17)9(5-14)12(18)19/h6-9H,3-5,13H2,1-2H3,(H,16,17)(H,18,19). The zero-order valence-corrected chi connectivity index (χ0v) is 11.1. The molecule has 0 bridgehead atoms. The summed E-state index contributed by atoms with van der Waals surface area (Å²) in [5.41, 5.74) is 5.66. The van der Waals surface area contributed by atoms with E-state index in [-0.39, 0.29) is 31.5 Å². The highest BCUT2D eigenvalue weighted by atomic mass is 16.4. The molecule has 1 heterocycles. The maximum absolute atomic E-state index is 12.1. The van der Waals surface area contributed by atoms with E-state index in [0.717, 1.165) is 0 Å². The van der Waals surface area contributed by atoms with Crippen LogP contribution in [0.2, 0.25) is 0 Å². The van der Waals surface area contributed by atoms with E-state index < -0.39 is 29.7 Å². The number of nitrogens with zero attached hydrogens (tertiary/aromatic N) is 1. The second kappa shape index (κ2) is 6.01. The Morgan fingerprint density at radius 2 is 1.68 bits per heavy atom. The number of hydrogen-bond donors (Lipinski definition) is 3. The van der Waals surface area contributed by atoms with Crippen molar-refractivity contribution in [2.45, 2.75) is 26.3 Å². The number of hydrogen-bond acceptors (Lipinski definition) is 4. The predicted molar refractivity (Wildman–Crippen MR) is 66.3 cm³/mol. The summed E-state index contributed by atoms with van der Waals surface area (Å²) in [5, 5.41) is 18.1. The molecule has 0 spiro atoms. The van der Waals surface area contributed by atoms with Gasteiger partial charge < -0.3 is 20.8 Å². The van der Waals surface area contributed by atoms with Crippen molar-refractivity contribution in [3.63, 3.8) is 0 Å². The fraction of sp³-hybridized carbons (Fsp3) is 0.750. The Hall–Kier alpha value is -1.63. The van der Waals surface area contributed by atoms with Crippen molar-refractivity contribution in [3.05, 3.63) is 0 Å². The smallest absolute Gasteiger partial charge is 0.309 e. The van der Waals surface area contributed by atoms with Crippen molar-refractivity contribution < 1.29 is 24.6 Å². The number of carbonyl (C=O) groups is 3. The van der Waals surface area contributed by atoms with Crippen LogP contribution in [0, 0.1) is 17.8 Å². The summed E-state index contributed by atoms with van der Waals surface area (Å²) >= 11 is 0. The van der Waals surface area contributed by atoms with Crippen molar-refractivity contribution in [2.24, 2.45) is 23.5 Å². The lowest BCUT2D eigenvalue weighted by molar-refractivity contribution is -0.159. The van der Waals surface area contributed by atoms with Gasteiger partial charge in [-0.3, -0.25) is 14.4 Å². The maximum Gasteiger partial charge on any atom is 0.309 e. The van der Waals surface area contributed by atoms with Crippen LogP contribution in [0.25, 0.3) is 0 Å². The van der Waals surface area contributed by atoms with Gasteiger partial charge in [0.2, 0.25) is 5.91 Å². The first-order valence-corrected chi connectivity index (χ1v) is 6.25. The van der Waals surface area contributed by atoms with Gasteiger partial charge in [-0.1, -0.05) is 6.92 Å². The molecule has 0 aliphatic carbocycles. The predicted octanol–water partition coefficient (Wildman–Crippen LogP) is -0.396. The molecule has 0 aromatic heterocycles. The van der Waals surface area contributed by atoms with Crippen molar-refractivity contribution in [3.8, 4) is 0 Å². The number of amides is 1.